The third-order valence-corrected chi connectivity index (χ3v) is 5.31. The van der Waals surface area contributed by atoms with E-state index in [1.807, 2.05) is 36.4 Å². The zero-order chi connectivity index (χ0) is 20.9. The van der Waals surface area contributed by atoms with Crippen LogP contribution in [0.2, 0.25) is 0 Å². The molecule has 0 saturated carbocycles. The van der Waals surface area contributed by atoms with Gasteiger partial charge < -0.3 is 19.3 Å². The number of amides is 2. The van der Waals surface area contributed by atoms with Crippen molar-refractivity contribution in [3.63, 3.8) is 0 Å². The summed E-state index contributed by atoms with van der Waals surface area (Å²) in [5.74, 6) is 0.918. The van der Waals surface area contributed by atoms with Crippen molar-refractivity contribution < 1.29 is 19.1 Å². The van der Waals surface area contributed by atoms with E-state index in [0.717, 1.165) is 24.2 Å². The Morgan fingerprint density at radius 3 is 2.50 bits per heavy atom. The first-order valence-electron chi connectivity index (χ1n) is 10.1. The molecule has 1 fully saturated rings. The van der Waals surface area contributed by atoms with Crippen LogP contribution in [0.5, 0.6) is 5.75 Å². The van der Waals surface area contributed by atoms with Gasteiger partial charge in [-0.15, -0.1) is 0 Å². The summed E-state index contributed by atoms with van der Waals surface area (Å²) in [5.41, 5.74) is 2.42. The van der Waals surface area contributed by atoms with Crippen molar-refractivity contribution >= 4 is 17.5 Å². The molecular formula is C24H24N2O4. The smallest absolute Gasteiger partial charge is 0.227 e. The van der Waals surface area contributed by atoms with Gasteiger partial charge in [0.05, 0.1) is 19.2 Å². The molecule has 6 nitrogen and oxygen atoms in total. The van der Waals surface area contributed by atoms with Gasteiger partial charge in [-0.1, -0.05) is 30.3 Å². The molecule has 0 spiro atoms. The largest absolute Gasteiger partial charge is 0.508 e. The van der Waals surface area contributed by atoms with Crippen LogP contribution in [0.15, 0.2) is 71.3 Å². The van der Waals surface area contributed by atoms with Crippen molar-refractivity contribution in [1.29, 1.82) is 0 Å². The Balaban J connectivity index is 1.48. The molecule has 0 atom stereocenters. The van der Waals surface area contributed by atoms with Gasteiger partial charge in [0.15, 0.2) is 0 Å². The summed E-state index contributed by atoms with van der Waals surface area (Å²) in [5, 5.41) is 10.1. The maximum absolute atomic E-state index is 13.1. The number of carbonyl (C=O) groups is 2. The van der Waals surface area contributed by atoms with Crippen molar-refractivity contribution in [2.24, 2.45) is 0 Å². The van der Waals surface area contributed by atoms with Crippen LogP contribution in [0.4, 0.5) is 5.69 Å². The molecule has 0 radical (unpaired) electrons. The minimum atomic E-state index is -0.0698. The Morgan fingerprint density at radius 1 is 1.03 bits per heavy atom. The maximum Gasteiger partial charge on any atom is 0.227 e. The molecule has 6 heteroatoms. The lowest BCUT2D eigenvalue weighted by atomic mass is 10.1. The second-order valence-electron chi connectivity index (χ2n) is 7.45. The third-order valence-electron chi connectivity index (χ3n) is 5.31. The summed E-state index contributed by atoms with van der Waals surface area (Å²) in [7, 11) is 0. The number of rotatable bonds is 7. The molecule has 2 aromatic carbocycles. The van der Waals surface area contributed by atoms with Crippen molar-refractivity contribution in [3.8, 4) is 5.75 Å². The molecule has 1 aliphatic heterocycles. The Bertz CT molecular complexity index is 1010. The van der Waals surface area contributed by atoms with E-state index in [0.29, 0.717) is 24.3 Å². The molecule has 1 saturated heterocycles. The summed E-state index contributed by atoms with van der Waals surface area (Å²) in [6.45, 7) is 1.35. The number of nitrogens with zero attached hydrogens (tertiary/aromatic N) is 2. The lowest BCUT2D eigenvalue weighted by molar-refractivity contribution is -0.132. The number of anilines is 1. The van der Waals surface area contributed by atoms with Crippen LogP contribution < -0.4 is 4.90 Å². The number of hydrogen-bond acceptors (Lipinski definition) is 4. The van der Waals surface area contributed by atoms with Crippen LogP contribution >= 0.6 is 0 Å². The molecule has 4 rings (SSSR count). The molecule has 3 aromatic rings. The highest BCUT2D eigenvalue weighted by atomic mass is 16.3. The number of furan rings is 1. The van der Waals surface area contributed by atoms with Gasteiger partial charge in [-0.05, 0) is 42.3 Å². The molecule has 0 unspecified atom stereocenters. The topological polar surface area (TPSA) is 74.0 Å². The predicted molar refractivity (Wildman–Crippen MR) is 113 cm³/mol. The molecule has 1 N–H and O–H groups in total. The number of carbonyl (C=O) groups excluding carboxylic acids is 2. The molecule has 154 valence electrons. The average Bonchev–Trinajstić information content (AvgIpc) is 3.41. The van der Waals surface area contributed by atoms with E-state index < -0.39 is 0 Å². The lowest BCUT2D eigenvalue weighted by Gasteiger charge is -2.23. The van der Waals surface area contributed by atoms with Crippen LogP contribution in [0, 0.1) is 0 Å². The second kappa shape index (κ2) is 8.86. The van der Waals surface area contributed by atoms with Gasteiger partial charge in [0.2, 0.25) is 11.8 Å². The molecule has 0 bridgehead atoms. The highest BCUT2D eigenvalue weighted by Gasteiger charge is 2.22. The number of para-hydroxylation sites is 1. The Morgan fingerprint density at radius 2 is 1.83 bits per heavy atom. The van der Waals surface area contributed by atoms with Crippen molar-refractivity contribution in [3.05, 3.63) is 83.8 Å². The quantitative estimate of drug-likeness (QED) is 0.648. The van der Waals surface area contributed by atoms with Gasteiger partial charge in [0.1, 0.15) is 11.5 Å². The zero-order valence-electron chi connectivity index (χ0n) is 16.7. The lowest BCUT2D eigenvalue weighted by Crippen LogP contribution is -2.31. The molecular weight excluding hydrogens is 380 g/mol. The summed E-state index contributed by atoms with van der Waals surface area (Å²) in [6.07, 6.45) is 3.28. The van der Waals surface area contributed by atoms with E-state index in [1.165, 1.54) is 0 Å². The Kier molecular flexibility index (Phi) is 5.84. The van der Waals surface area contributed by atoms with Gasteiger partial charge in [-0.3, -0.25) is 9.59 Å². The fourth-order valence-electron chi connectivity index (χ4n) is 3.67. The van der Waals surface area contributed by atoms with Gasteiger partial charge in [-0.25, -0.2) is 0 Å². The van der Waals surface area contributed by atoms with Gasteiger partial charge in [-0.2, -0.15) is 0 Å². The molecule has 1 aromatic heterocycles. The SMILES string of the molecule is O=C(Cc1ccc(N2CCCC2=O)cc1)N(Cc1ccco1)Cc1ccccc1O. The van der Waals surface area contributed by atoms with E-state index >= 15 is 0 Å². The molecule has 1 aliphatic rings. The average molecular weight is 404 g/mol. The van der Waals surface area contributed by atoms with Crippen LogP contribution in [0.25, 0.3) is 0 Å². The summed E-state index contributed by atoms with van der Waals surface area (Å²) < 4.78 is 5.42. The van der Waals surface area contributed by atoms with Crippen molar-refractivity contribution in [1.82, 2.24) is 4.90 Å². The molecule has 2 amide bonds. The number of phenols is 1. The Hall–Kier alpha value is -3.54. The first kappa shape index (κ1) is 19.8. The number of aromatic hydroxyl groups is 1. The first-order valence-corrected chi connectivity index (χ1v) is 10.1. The van der Waals surface area contributed by atoms with Crippen molar-refractivity contribution in [2.75, 3.05) is 11.4 Å². The molecule has 0 aliphatic carbocycles. The Labute approximate surface area is 175 Å². The highest BCUT2D eigenvalue weighted by Crippen LogP contribution is 2.23. The van der Waals surface area contributed by atoms with Gasteiger partial charge in [0.25, 0.3) is 0 Å². The zero-order valence-corrected chi connectivity index (χ0v) is 16.7. The van der Waals surface area contributed by atoms with E-state index in [9.17, 15) is 14.7 Å². The van der Waals surface area contributed by atoms with Crippen LogP contribution in [-0.2, 0) is 29.1 Å². The number of hydrogen-bond donors (Lipinski definition) is 1. The minimum Gasteiger partial charge on any atom is -0.508 e. The monoisotopic (exact) mass is 404 g/mol. The van der Waals surface area contributed by atoms with Crippen LogP contribution in [0.1, 0.15) is 29.7 Å². The third kappa shape index (κ3) is 4.54. The van der Waals surface area contributed by atoms with E-state index in [2.05, 4.69) is 0 Å². The standard InChI is InChI=1S/C24H24N2O4/c27-22-7-2-1-5-19(22)16-25(17-21-6-4-14-30-21)24(29)15-18-9-11-20(12-10-18)26-13-3-8-23(26)28/h1-2,4-7,9-12,14,27H,3,8,13,15-17H2. The minimum absolute atomic E-state index is 0.0698. The molecule has 30 heavy (non-hydrogen) atoms. The maximum atomic E-state index is 13.1. The number of phenolic OH excluding ortho intramolecular Hbond substituents is 1. The first-order chi connectivity index (χ1) is 14.6. The number of benzene rings is 2. The van der Waals surface area contributed by atoms with Crippen LogP contribution in [0.3, 0.4) is 0 Å². The second-order valence-corrected chi connectivity index (χ2v) is 7.45. The summed E-state index contributed by atoms with van der Waals surface area (Å²) in [4.78, 5) is 28.5. The van der Waals surface area contributed by atoms with Crippen LogP contribution in [-0.4, -0.2) is 28.4 Å². The van der Waals surface area contributed by atoms with Crippen molar-refractivity contribution in [2.45, 2.75) is 32.4 Å². The van der Waals surface area contributed by atoms with Gasteiger partial charge >= 0.3 is 0 Å². The fraction of sp³-hybridized carbons (Fsp3) is 0.250. The predicted octanol–water partition coefficient (Wildman–Crippen LogP) is 3.88. The van der Waals surface area contributed by atoms with Gasteiger partial charge in [0, 0.05) is 30.8 Å². The van der Waals surface area contributed by atoms with E-state index in [4.69, 9.17) is 4.42 Å². The molecule has 2 heterocycles. The van der Waals surface area contributed by atoms with E-state index in [1.54, 1.807) is 40.3 Å². The normalized spacial score (nSPS) is 13.6. The fourth-order valence-corrected chi connectivity index (χ4v) is 3.67. The summed E-state index contributed by atoms with van der Waals surface area (Å²) in [6, 6.07) is 18.2. The highest BCUT2D eigenvalue weighted by molar-refractivity contribution is 5.95. The van der Waals surface area contributed by atoms with E-state index in [-0.39, 0.29) is 30.5 Å². The summed E-state index contributed by atoms with van der Waals surface area (Å²) >= 11 is 0.